The third-order valence-electron chi connectivity index (χ3n) is 3.01. The molecule has 3 heteroatoms. The molecule has 0 bridgehead atoms. The van der Waals surface area contributed by atoms with Gasteiger partial charge in [0.2, 0.25) is 0 Å². The molecule has 2 atom stereocenters. The highest BCUT2D eigenvalue weighted by Crippen LogP contribution is 2.39. The molecule has 1 aliphatic rings. The smallest absolute Gasteiger partial charge is 0.146 e. The number of aromatic nitrogens is 1. The van der Waals surface area contributed by atoms with E-state index >= 15 is 0 Å². The fourth-order valence-electron chi connectivity index (χ4n) is 1.84. The van der Waals surface area contributed by atoms with Crippen molar-refractivity contribution >= 4 is 11.5 Å². The number of hydrogen-bond donors (Lipinski definition) is 1. The maximum Gasteiger partial charge on any atom is 0.146 e. The molecule has 1 aliphatic carbocycles. The van der Waals surface area contributed by atoms with E-state index in [1.807, 2.05) is 12.1 Å². The van der Waals surface area contributed by atoms with E-state index < -0.39 is 0 Å². The van der Waals surface area contributed by atoms with Gasteiger partial charge in [-0.3, -0.25) is 0 Å². The van der Waals surface area contributed by atoms with Crippen molar-refractivity contribution in [1.29, 1.82) is 0 Å². The van der Waals surface area contributed by atoms with Crippen molar-refractivity contribution in [3.63, 3.8) is 0 Å². The number of pyridine rings is 1. The first kappa shape index (κ1) is 9.31. The molecule has 2 unspecified atom stereocenters. The van der Waals surface area contributed by atoms with E-state index in [1.54, 1.807) is 6.20 Å². The summed E-state index contributed by atoms with van der Waals surface area (Å²) in [4.78, 5) is 6.29. The van der Waals surface area contributed by atoms with Crippen molar-refractivity contribution in [2.24, 2.45) is 11.8 Å². The van der Waals surface area contributed by atoms with Gasteiger partial charge >= 0.3 is 0 Å². The monoisotopic (exact) mass is 191 g/mol. The zero-order valence-corrected chi connectivity index (χ0v) is 8.77. The lowest BCUT2D eigenvalue weighted by molar-refractivity contribution is 0.725. The minimum atomic E-state index is 0.628. The van der Waals surface area contributed by atoms with Gasteiger partial charge in [-0.1, -0.05) is 6.92 Å². The fourth-order valence-corrected chi connectivity index (χ4v) is 1.84. The van der Waals surface area contributed by atoms with Gasteiger partial charge in [0.05, 0.1) is 5.69 Å². The molecule has 1 fully saturated rings. The minimum Gasteiger partial charge on any atom is -0.382 e. The standard InChI is InChI=1S/C11H17N3/c1-8-6-9(8)7-14(2)10-4-3-5-13-11(10)12/h3-5,8-9H,6-7H2,1-2H3,(H2,12,13). The number of anilines is 2. The molecule has 3 nitrogen and oxygen atoms in total. The molecular weight excluding hydrogens is 174 g/mol. The Morgan fingerprint density at radius 1 is 1.64 bits per heavy atom. The Labute approximate surface area is 84.9 Å². The number of nitrogens with zero attached hydrogens (tertiary/aromatic N) is 2. The van der Waals surface area contributed by atoms with Crippen LogP contribution in [0.3, 0.4) is 0 Å². The normalized spacial score (nSPS) is 24.7. The lowest BCUT2D eigenvalue weighted by Crippen LogP contribution is -2.21. The van der Waals surface area contributed by atoms with Gasteiger partial charge in [-0.25, -0.2) is 4.98 Å². The van der Waals surface area contributed by atoms with Crippen LogP contribution in [0.25, 0.3) is 0 Å². The van der Waals surface area contributed by atoms with E-state index in [2.05, 4.69) is 23.9 Å². The van der Waals surface area contributed by atoms with Gasteiger partial charge in [0.1, 0.15) is 5.82 Å². The highest BCUT2D eigenvalue weighted by molar-refractivity contribution is 5.62. The molecule has 1 aromatic heterocycles. The predicted molar refractivity (Wildman–Crippen MR) is 59.2 cm³/mol. The van der Waals surface area contributed by atoms with Crippen LogP contribution in [0.1, 0.15) is 13.3 Å². The zero-order chi connectivity index (χ0) is 10.1. The van der Waals surface area contributed by atoms with Crippen LogP contribution >= 0.6 is 0 Å². The van der Waals surface area contributed by atoms with Crippen LogP contribution in [-0.2, 0) is 0 Å². The molecule has 0 radical (unpaired) electrons. The van der Waals surface area contributed by atoms with E-state index in [0.717, 1.165) is 24.1 Å². The summed E-state index contributed by atoms with van der Waals surface area (Å²) in [6, 6.07) is 3.95. The molecule has 76 valence electrons. The van der Waals surface area contributed by atoms with Crippen LogP contribution in [0, 0.1) is 11.8 Å². The number of nitrogens with two attached hydrogens (primary N) is 1. The maximum absolute atomic E-state index is 5.80. The number of hydrogen-bond acceptors (Lipinski definition) is 3. The van der Waals surface area contributed by atoms with E-state index in [0.29, 0.717) is 5.82 Å². The predicted octanol–water partition coefficient (Wildman–Crippen LogP) is 1.76. The first-order valence-electron chi connectivity index (χ1n) is 5.10. The Morgan fingerprint density at radius 2 is 2.36 bits per heavy atom. The molecule has 0 aliphatic heterocycles. The molecule has 0 amide bonds. The molecule has 0 spiro atoms. The average molecular weight is 191 g/mol. The molecule has 2 rings (SSSR count). The Morgan fingerprint density at radius 3 is 2.93 bits per heavy atom. The van der Waals surface area contributed by atoms with Crippen LogP contribution in [0.4, 0.5) is 11.5 Å². The summed E-state index contributed by atoms with van der Waals surface area (Å²) in [6.07, 6.45) is 3.08. The average Bonchev–Trinajstić information content (AvgIpc) is 2.82. The van der Waals surface area contributed by atoms with Crippen LogP contribution in [0.15, 0.2) is 18.3 Å². The summed E-state index contributed by atoms with van der Waals surface area (Å²) < 4.78 is 0. The Hall–Kier alpha value is -1.25. The minimum absolute atomic E-state index is 0.628. The Balaban J connectivity index is 2.03. The fraction of sp³-hybridized carbons (Fsp3) is 0.545. The molecule has 2 N–H and O–H groups in total. The third-order valence-corrected chi connectivity index (χ3v) is 3.01. The lowest BCUT2D eigenvalue weighted by Gasteiger charge is -2.20. The number of nitrogen functional groups attached to an aromatic ring is 1. The van der Waals surface area contributed by atoms with E-state index in [4.69, 9.17) is 5.73 Å². The largest absolute Gasteiger partial charge is 0.382 e. The van der Waals surface area contributed by atoms with E-state index in [1.165, 1.54) is 6.42 Å². The quantitative estimate of drug-likeness (QED) is 0.791. The summed E-state index contributed by atoms with van der Waals surface area (Å²) in [5.41, 5.74) is 6.85. The molecule has 0 saturated heterocycles. The topological polar surface area (TPSA) is 42.2 Å². The van der Waals surface area contributed by atoms with Crippen LogP contribution in [0.2, 0.25) is 0 Å². The van der Waals surface area contributed by atoms with Crippen molar-refractivity contribution in [1.82, 2.24) is 4.98 Å². The van der Waals surface area contributed by atoms with Gasteiger partial charge in [0.15, 0.2) is 0 Å². The van der Waals surface area contributed by atoms with Gasteiger partial charge in [0.25, 0.3) is 0 Å². The van der Waals surface area contributed by atoms with Gasteiger partial charge in [0, 0.05) is 19.8 Å². The second-order valence-corrected chi connectivity index (χ2v) is 4.26. The molecular formula is C11H17N3. The summed E-state index contributed by atoms with van der Waals surface area (Å²) in [5.74, 6) is 2.36. The second kappa shape index (κ2) is 3.48. The second-order valence-electron chi connectivity index (χ2n) is 4.26. The van der Waals surface area contributed by atoms with E-state index in [-0.39, 0.29) is 0 Å². The Kier molecular flexibility index (Phi) is 2.32. The highest BCUT2D eigenvalue weighted by atomic mass is 15.1. The molecule has 1 saturated carbocycles. The van der Waals surface area contributed by atoms with Crippen molar-refractivity contribution in [2.75, 3.05) is 24.2 Å². The summed E-state index contributed by atoms with van der Waals surface area (Å²) in [7, 11) is 2.08. The molecule has 0 aromatic carbocycles. The van der Waals surface area contributed by atoms with Crippen molar-refractivity contribution in [3.05, 3.63) is 18.3 Å². The van der Waals surface area contributed by atoms with Gasteiger partial charge in [-0.15, -0.1) is 0 Å². The zero-order valence-electron chi connectivity index (χ0n) is 8.77. The summed E-state index contributed by atoms with van der Waals surface area (Å²) in [6.45, 7) is 3.39. The van der Waals surface area contributed by atoms with Gasteiger partial charge in [-0.05, 0) is 30.4 Å². The highest BCUT2D eigenvalue weighted by Gasteiger charge is 2.33. The third kappa shape index (κ3) is 1.81. The van der Waals surface area contributed by atoms with Crippen molar-refractivity contribution in [3.8, 4) is 0 Å². The van der Waals surface area contributed by atoms with Crippen LogP contribution < -0.4 is 10.6 Å². The summed E-state index contributed by atoms with van der Waals surface area (Å²) in [5, 5.41) is 0. The lowest BCUT2D eigenvalue weighted by atomic mass is 10.3. The van der Waals surface area contributed by atoms with Crippen LogP contribution in [-0.4, -0.2) is 18.6 Å². The molecule has 1 heterocycles. The number of rotatable bonds is 3. The van der Waals surface area contributed by atoms with Crippen molar-refractivity contribution in [2.45, 2.75) is 13.3 Å². The summed E-state index contributed by atoms with van der Waals surface area (Å²) >= 11 is 0. The van der Waals surface area contributed by atoms with Crippen LogP contribution in [0.5, 0.6) is 0 Å². The first-order valence-corrected chi connectivity index (χ1v) is 5.10. The van der Waals surface area contributed by atoms with Gasteiger partial charge in [-0.2, -0.15) is 0 Å². The molecule has 1 aromatic rings. The SMILES string of the molecule is CC1CC1CN(C)c1cccnc1N. The molecule has 14 heavy (non-hydrogen) atoms. The van der Waals surface area contributed by atoms with E-state index in [9.17, 15) is 0 Å². The first-order chi connectivity index (χ1) is 6.68. The Bertz CT molecular complexity index is 324. The van der Waals surface area contributed by atoms with Gasteiger partial charge < -0.3 is 10.6 Å². The van der Waals surface area contributed by atoms with Crippen molar-refractivity contribution < 1.29 is 0 Å². The maximum atomic E-state index is 5.80.